The zero-order valence-electron chi connectivity index (χ0n) is 12.5. The Balaban J connectivity index is 1.74. The second-order valence-corrected chi connectivity index (χ2v) is 7.80. The quantitative estimate of drug-likeness (QED) is 0.793. The van der Waals surface area contributed by atoms with Gasteiger partial charge in [0, 0.05) is 13.5 Å². The second-order valence-electron chi connectivity index (χ2n) is 5.57. The van der Waals surface area contributed by atoms with Crippen molar-refractivity contribution in [2.24, 2.45) is 5.92 Å². The molecule has 7 heteroatoms. The number of likely N-dealkylation sites (N-methyl/N-ethyl adjacent to an activating group) is 1. The number of rotatable bonds is 6. The molecule has 5 nitrogen and oxygen atoms in total. The van der Waals surface area contributed by atoms with Gasteiger partial charge in [-0.3, -0.25) is 4.79 Å². The largest absolute Gasteiger partial charge is 0.489 e. The van der Waals surface area contributed by atoms with E-state index in [4.69, 9.17) is 4.74 Å². The van der Waals surface area contributed by atoms with Crippen LogP contribution in [0.2, 0.25) is 0 Å². The molecule has 1 amide bonds. The Labute approximate surface area is 130 Å². The van der Waals surface area contributed by atoms with Gasteiger partial charge in [-0.05, 0) is 24.5 Å². The molecule has 2 rings (SSSR count). The van der Waals surface area contributed by atoms with E-state index in [9.17, 15) is 17.6 Å². The molecule has 0 radical (unpaired) electrons. The molecule has 0 aromatic heterocycles. The maximum Gasteiger partial charge on any atom is 0.222 e. The van der Waals surface area contributed by atoms with Gasteiger partial charge in [-0.15, -0.1) is 0 Å². The number of hydrogen-bond acceptors (Lipinski definition) is 4. The number of carbonyl (C=O) groups excluding carboxylic acids is 1. The average Bonchev–Trinajstić information content (AvgIpc) is 2.79. The summed E-state index contributed by atoms with van der Waals surface area (Å²) in [7, 11) is -1.33. The van der Waals surface area contributed by atoms with E-state index in [1.54, 1.807) is 19.2 Å². The zero-order chi connectivity index (χ0) is 16.2. The number of halogens is 1. The number of nitrogens with zero attached hydrogens (tertiary/aromatic N) is 1. The molecule has 1 atom stereocenters. The minimum Gasteiger partial charge on any atom is -0.489 e. The maximum atomic E-state index is 13.4. The van der Waals surface area contributed by atoms with Gasteiger partial charge in [0.1, 0.15) is 6.61 Å². The smallest absolute Gasteiger partial charge is 0.222 e. The molecule has 1 aromatic rings. The first-order chi connectivity index (χ1) is 10.4. The first-order valence-electron chi connectivity index (χ1n) is 7.19. The first kappa shape index (κ1) is 16.7. The van der Waals surface area contributed by atoms with E-state index in [0.29, 0.717) is 13.0 Å². The lowest BCUT2D eigenvalue weighted by atomic mass is 10.0. The molecule has 0 saturated carbocycles. The predicted molar refractivity (Wildman–Crippen MR) is 80.9 cm³/mol. The number of carbonyl (C=O) groups is 1. The Bertz CT molecular complexity index is 632. The SMILES string of the molecule is CN(CCOc1ccccc1F)C(=O)CC1CCS(=O)(=O)C1. The highest BCUT2D eigenvalue weighted by Gasteiger charge is 2.30. The number of ether oxygens (including phenoxy) is 1. The average molecular weight is 329 g/mol. The molecule has 0 spiro atoms. The molecule has 22 heavy (non-hydrogen) atoms. The highest BCUT2D eigenvalue weighted by atomic mass is 32.2. The zero-order valence-corrected chi connectivity index (χ0v) is 13.3. The number of para-hydroxylation sites is 1. The summed E-state index contributed by atoms with van der Waals surface area (Å²) in [6, 6.07) is 6.09. The van der Waals surface area contributed by atoms with Crippen molar-refractivity contribution in [3.8, 4) is 5.75 Å². The van der Waals surface area contributed by atoms with Crippen molar-refractivity contribution in [1.82, 2.24) is 4.90 Å². The molecule has 122 valence electrons. The molecule has 1 saturated heterocycles. The third kappa shape index (κ3) is 4.69. The molecule has 1 aliphatic heterocycles. The van der Waals surface area contributed by atoms with Crippen LogP contribution in [0.5, 0.6) is 5.75 Å². The van der Waals surface area contributed by atoms with Crippen LogP contribution in [0.25, 0.3) is 0 Å². The number of sulfone groups is 1. The third-order valence-corrected chi connectivity index (χ3v) is 5.57. The number of benzene rings is 1. The van der Waals surface area contributed by atoms with Crippen LogP contribution in [-0.2, 0) is 14.6 Å². The Morgan fingerprint density at radius 2 is 2.14 bits per heavy atom. The molecule has 1 heterocycles. The fourth-order valence-corrected chi connectivity index (χ4v) is 4.28. The van der Waals surface area contributed by atoms with E-state index < -0.39 is 15.7 Å². The van der Waals surface area contributed by atoms with E-state index in [0.717, 1.165) is 0 Å². The number of hydrogen-bond donors (Lipinski definition) is 0. The summed E-state index contributed by atoms with van der Waals surface area (Å²) < 4.78 is 41.4. The molecular formula is C15H20FNO4S. The molecular weight excluding hydrogens is 309 g/mol. The van der Waals surface area contributed by atoms with Gasteiger partial charge in [0.05, 0.1) is 18.1 Å². The van der Waals surface area contributed by atoms with Crippen LogP contribution in [-0.4, -0.2) is 50.9 Å². The van der Waals surface area contributed by atoms with Crippen molar-refractivity contribution < 1.29 is 22.3 Å². The summed E-state index contributed by atoms with van der Waals surface area (Å²) in [6.07, 6.45) is 0.781. The monoisotopic (exact) mass is 329 g/mol. The summed E-state index contributed by atoms with van der Waals surface area (Å²) in [6.45, 7) is 0.513. The van der Waals surface area contributed by atoms with Gasteiger partial charge in [-0.2, -0.15) is 0 Å². The number of amides is 1. The normalized spacial score (nSPS) is 19.8. The van der Waals surface area contributed by atoms with E-state index in [1.807, 2.05) is 0 Å². The lowest BCUT2D eigenvalue weighted by molar-refractivity contribution is -0.131. The topological polar surface area (TPSA) is 63.7 Å². The van der Waals surface area contributed by atoms with Gasteiger partial charge >= 0.3 is 0 Å². The summed E-state index contributed by atoms with van der Waals surface area (Å²) in [5, 5.41) is 0. The lowest BCUT2D eigenvalue weighted by Gasteiger charge is -2.19. The van der Waals surface area contributed by atoms with Crippen LogP contribution in [0.15, 0.2) is 24.3 Å². The van der Waals surface area contributed by atoms with Gasteiger partial charge in [-0.25, -0.2) is 12.8 Å². The van der Waals surface area contributed by atoms with Gasteiger partial charge in [0.2, 0.25) is 5.91 Å². The van der Waals surface area contributed by atoms with E-state index in [1.165, 1.54) is 17.0 Å². The third-order valence-electron chi connectivity index (χ3n) is 3.74. The molecule has 0 bridgehead atoms. The van der Waals surface area contributed by atoms with E-state index >= 15 is 0 Å². The highest BCUT2D eigenvalue weighted by Crippen LogP contribution is 2.22. The van der Waals surface area contributed by atoms with Crippen LogP contribution < -0.4 is 4.74 Å². The minimum absolute atomic E-state index is 0.0903. The summed E-state index contributed by atoms with van der Waals surface area (Å²) in [4.78, 5) is 13.5. The lowest BCUT2D eigenvalue weighted by Crippen LogP contribution is -2.32. The second kappa shape index (κ2) is 7.09. The Hall–Kier alpha value is -1.63. The molecule has 1 aliphatic rings. The van der Waals surface area contributed by atoms with Gasteiger partial charge in [-0.1, -0.05) is 12.1 Å². The highest BCUT2D eigenvalue weighted by molar-refractivity contribution is 7.91. The van der Waals surface area contributed by atoms with Crippen molar-refractivity contribution in [3.05, 3.63) is 30.1 Å². The van der Waals surface area contributed by atoms with Crippen LogP contribution in [0, 0.1) is 11.7 Å². The Morgan fingerprint density at radius 3 is 2.77 bits per heavy atom. The molecule has 0 aliphatic carbocycles. The molecule has 1 aromatic carbocycles. The van der Waals surface area contributed by atoms with Crippen LogP contribution >= 0.6 is 0 Å². The maximum absolute atomic E-state index is 13.4. The van der Waals surface area contributed by atoms with Crippen molar-refractivity contribution in [2.45, 2.75) is 12.8 Å². The van der Waals surface area contributed by atoms with Crippen molar-refractivity contribution >= 4 is 15.7 Å². The van der Waals surface area contributed by atoms with Crippen LogP contribution in [0.3, 0.4) is 0 Å². The van der Waals surface area contributed by atoms with Gasteiger partial charge in [0.15, 0.2) is 21.4 Å². The fourth-order valence-electron chi connectivity index (χ4n) is 2.41. The minimum atomic E-state index is -2.96. The molecule has 1 fully saturated rings. The van der Waals surface area contributed by atoms with E-state index in [2.05, 4.69) is 0 Å². The standard InChI is InChI=1S/C15H20FNO4S/c1-17(7-8-21-14-5-3-2-4-13(14)16)15(18)10-12-6-9-22(19,20)11-12/h2-5,12H,6-11H2,1H3. The molecule has 1 unspecified atom stereocenters. The Kier molecular flexibility index (Phi) is 5.39. The van der Waals surface area contributed by atoms with Crippen molar-refractivity contribution in [2.75, 3.05) is 31.7 Å². The van der Waals surface area contributed by atoms with Crippen LogP contribution in [0.4, 0.5) is 4.39 Å². The van der Waals surface area contributed by atoms with Crippen LogP contribution in [0.1, 0.15) is 12.8 Å². The van der Waals surface area contributed by atoms with Crippen molar-refractivity contribution in [1.29, 1.82) is 0 Å². The van der Waals surface area contributed by atoms with Gasteiger partial charge in [0.25, 0.3) is 0 Å². The van der Waals surface area contributed by atoms with Crippen molar-refractivity contribution in [3.63, 3.8) is 0 Å². The molecule has 0 N–H and O–H groups in total. The summed E-state index contributed by atoms with van der Waals surface area (Å²) in [5.41, 5.74) is 0. The fraction of sp³-hybridized carbons (Fsp3) is 0.533. The summed E-state index contributed by atoms with van der Waals surface area (Å²) in [5.74, 6) is -0.215. The van der Waals surface area contributed by atoms with Gasteiger partial charge < -0.3 is 9.64 Å². The predicted octanol–water partition coefficient (Wildman–Crippen LogP) is 1.49. The first-order valence-corrected chi connectivity index (χ1v) is 9.01. The van der Waals surface area contributed by atoms with E-state index in [-0.39, 0.29) is 42.1 Å². The Morgan fingerprint density at radius 1 is 1.41 bits per heavy atom. The summed E-state index contributed by atoms with van der Waals surface area (Å²) >= 11 is 0.